The predicted octanol–water partition coefficient (Wildman–Crippen LogP) is 2.34. The molecule has 0 aliphatic rings. The highest BCUT2D eigenvalue weighted by atomic mass is 16.5. The van der Waals surface area contributed by atoms with Gasteiger partial charge < -0.3 is 20.5 Å². The fourth-order valence-electron chi connectivity index (χ4n) is 1.74. The standard InChI is InChI=1S/C15H17N3O4/c1-4-22-14-7-11(5-6-13(14)18-10(3)19)17-9(2)12(8-16)15(20)21/h5-7,17H,4H2,1-3H3,(H,18,19)(H,20,21)/b12-9-. The normalized spacial score (nSPS) is 11.0. The SMILES string of the molecule is CCOc1cc(N/C(C)=C(/C#N)C(=O)O)ccc1NC(C)=O. The topological polar surface area (TPSA) is 111 Å². The minimum atomic E-state index is -1.30. The van der Waals surface area contributed by atoms with Crippen molar-refractivity contribution in [3.8, 4) is 11.8 Å². The predicted molar refractivity (Wildman–Crippen MR) is 81.5 cm³/mol. The van der Waals surface area contributed by atoms with Crippen LogP contribution in [0.3, 0.4) is 0 Å². The molecule has 0 unspecified atom stereocenters. The van der Waals surface area contributed by atoms with E-state index in [0.717, 1.165) is 0 Å². The van der Waals surface area contributed by atoms with Crippen LogP contribution in [0, 0.1) is 11.3 Å². The molecule has 0 aliphatic heterocycles. The molecular weight excluding hydrogens is 286 g/mol. The number of aliphatic carboxylic acids is 1. The van der Waals surface area contributed by atoms with Crippen LogP contribution in [0.5, 0.6) is 5.75 Å². The lowest BCUT2D eigenvalue weighted by atomic mass is 10.2. The molecule has 7 heteroatoms. The average molecular weight is 303 g/mol. The van der Waals surface area contributed by atoms with Gasteiger partial charge in [-0.3, -0.25) is 4.79 Å². The molecule has 1 rings (SSSR count). The third-order valence-electron chi connectivity index (χ3n) is 2.62. The molecule has 0 saturated carbocycles. The molecule has 0 heterocycles. The van der Waals surface area contributed by atoms with Crippen molar-refractivity contribution in [2.75, 3.05) is 17.2 Å². The molecule has 1 aromatic carbocycles. The summed E-state index contributed by atoms with van der Waals surface area (Å²) in [6.07, 6.45) is 0. The van der Waals surface area contributed by atoms with Crippen LogP contribution < -0.4 is 15.4 Å². The number of hydrogen-bond donors (Lipinski definition) is 3. The number of anilines is 2. The van der Waals surface area contributed by atoms with Crippen LogP contribution >= 0.6 is 0 Å². The van der Waals surface area contributed by atoms with Crippen LogP contribution in [0.25, 0.3) is 0 Å². The number of nitriles is 1. The lowest BCUT2D eigenvalue weighted by Gasteiger charge is -2.14. The molecule has 1 amide bonds. The molecule has 0 fully saturated rings. The molecular formula is C15H17N3O4. The van der Waals surface area contributed by atoms with Crippen LogP contribution in [0.2, 0.25) is 0 Å². The minimum Gasteiger partial charge on any atom is -0.492 e. The zero-order valence-corrected chi connectivity index (χ0v) is 12.6. The zero-order chi connectivity index (χ0) is 16.7. The van der Waals surface area contributed by atoms with Gasteiger partial charge in [-0.2, -0.15) is 5.26 Å². The fraction of sp³-hybridized carbons (Fsp3) is 0.267. The molecule has 0 aliphatic carbocycles. The molecule has 1 aromatic rings. The molecule has 0 aromatic heterocycles. The maximum Gasteiger partial charge on any atom is 0.348 e. The van der Waals surface area contributed by atoms with E-state index in [9.17, 15) is 9.59 Å². The van der Waals surface area contributed by atoms with E-state index in [1.165, 1.54) is 13.8 Å². The van der Waals surface area contributed by atoms with Crippen molar-refractivity contribution in [3.05, 3.63) is 29.5 Å². The van der Waals surface area contributed by atoms with E-state index in [-0.39, 0.29) is 17.2 Å². The first-order valence-corrected chi connectivity index (χ1v) is 6.54. The molecule has 116 valence electrons. The molecule has 0 bridgehead atoms. The molecule has 0 spiro atoms. The molecule has 22 heavy (non-hydrogen) atoms. The summed E-state index contributed by atoms with van der Waals surface area (Å²) in [7, 11) is 0. The first-order chi connectivity index (χ1) is 10.4. The van der Waals surface area contributed by atoms with Gasteiger partial charge in [0.1, 0.15) is 11.8 Å². The quantitative estimate of drug-likeness (QED) is 0.549. The van der Waals surface area contributed by atoms with Crippen LogP contribution in [0.4, 0.5) is 11.4 Å². The minimum absolute atomic E-state index is 0.213. The Hall–Kier alpha value is -3.01. The Labute approximate surface area is 128 Å². The van der Waals surface area contributed by atoms with Gasteiger partial charge in [0.15, 0.2) is 5.57 Å². The van der Waals surface area contributed by atoms with Gasteiger partial charge in [-0.25, -0.2) is 4.79 Å². The monoisotopic (exact) mass is 303 g/mol. The van der Waals surface area contributed by atoms with Gasteiger partial charge in [0.25, 0.3) is 0 Å². The summed E-state index contributed by atoms with van der Waals surface area (Å²) in [6, 6.07) is 6.53. The van der Waals surface area contributed by atoms with Crippen molar-refractivity contribution in [3.63, 3.8) is 0 Å². The van der Waals surface area contributed by atoms with Gasteiger partial charge in [0, 0.05) is 24.4 Å². The maximum absolute atomic E-state index is 11.1. The van der Waals surface area contributed by atoms with E-state index in [1.807, 2.05) is 0 Å². The number of amides is 1. The first kappa shape index (κ1) is 17.0. The number of carbonyl (C=O) groups is 2. The van der Waals surface area contributed by atoms with Crippen LogP contribution in [0.1, 0.15) is 20.8 Å². The van der Waals surface area contributed by atoms with E-state index >= 15 is 0 Å². The largest absolute Gasteiger partial charge is 0.492 e. The summed E-state index contributed by atoms with van der Waals surface area (Å²) in [4.78, 5) is 22.1. The number of benzene rings is 1. The summed E-state index contributed by atoms with van der Waals surface area (Å²) >= 11 is 0. The summed E-state index contributed by atoms with van der Waals surface area (Å²) < 4.78 is 5.44. The number of rotatable bonds is 6. The summed E-state index contributed by atoms with van der Waals surface area (Å²) in [5, 5.41) is 23.2. The smallest absolute Gasteiger partial charge is 0.348 e. The van der Waals surface area contributed by atoms with Crippen molar-refractivity contribution in [1.82, 2.24) is 0 Å². The average Bonchev–Trinajstić information content (AvgIpc) is 2.41. The van der Waals surface area contributed by atoms with Gasteiger partial charge in [-0.15, -0.1) is 0 Å². The Bertz CT molecular complexity index is 659. The van der Waals surface area contributed by atoms with Gasteiger partial charge in [-0.1, -0.05) is 0 Å². The third-order valence-corrected chi connectivity index (χ3v) is 2.62. The fourth-order valence-corrected chi connectivity index (χ4v) is 1.74. The van der Waals surface area contributed by atoms with Gasteiger partial charge in [0.05, 0.1) is 12.3 Å². The summed E-state index contributed by atoms with van der Waals surface area (Å²) in [5.41, 5.74) is 0.901. The molecule has 0 atom stereocenters. The lowest BCUT2D eigenvalue weighted by Crippen LogP contribution is -2.09. The van der Waals surface area contributed by atoms with E-state index in [4.69, 9.17) is 15.1 Å². The highest BCUT2D eigenvalue weighted by molar-refractivity contribution is 5.93. The van der Waals surface area contributed by atoms with E-state index in [1.54, 1.807) is 31.2 Å². The Morgan fingerprint density at radius 2 is 2.00 bits per heavy atom. The summed E-state index contributed by atoms with van der Waals surface area (Å²) in [5.74, 6) is -1.08. The van der Waals surface area contributed by atoms with Gasteiger partial charge in [0.2, 0.25) is 5.91 Å². The van der Waals surface area contributed by atoms with E-state index < -0.39 is 5.97 Å². The van der Waals surface area contributed by atoms with Crippen LogP contribution in [-0.4, -0.2) is 23.6 Å². The van der Waals surface area contributed by atoms with Crippen LogP contribution in [0.15, 0.2) is 29.5 Å². The molecule has 7 nitrogen and oxygen atoms in total. The Kier molecular flexibility index (Phi) is 5.96. The van der Waals surface area contributed by atoms with E-state index in [2.05, 4.69) is 10.6 Å². The van der Waals surface area contributed by atoms with Crippen molar-refractivity contribution < 1.29 is 19.4 Å². The third kappa shape index (κ3) is 4.52. The number of hydrogen-bond acceptors (Lipinski definition) is 5. The Morgan fingerprint density at radius 1 is 1.32 bits per heavy atom. The Morgan fingerprint density at radius 3 is 2.50 bits per heavy atom. The molecule has 0 radical (unpaired) electrons. The zero-order valence-electron chi connectivity index (χ0n) is 12.6. The highest BCUT2D eigenvalue weighted by Crippen LogP contribution is 2.29. The molecule has 0 saturated heterocycles. The van der Waals surface area contributed by atoms with Gasteiger partial charge in [-0.05, 0) is 26.0 Å². The number of nitrogens with one attached hydrogen (secondary N) is 2. The van der Waals surface area contributed by atoms with Crippen molar-refractivity contribution in [1.29, 1.82) is 5.26 Å². The number of allylic oxidation sites excluding steroid dienone is 1. The second kappa shape index (κ2) is 7.69. The van der Waals surface area contributed by atoms with Gasteiger partial charge >= 0.3 is 5.97 Å². The summed E-state index contributed by atoms with van der Waals surface area (Å²) in [6.45, 7) is 5.10. The molecule has 3 N–H and O–H groups in total. The Balaban J connectivity index is 3.12. The maximum atomic E-state index is 11.1. The number of carboxylic acids is 1. The van der Waals surface area contributed by atoms with Crippen molar-refractivity contribution in [2.45, 2.75) is 20.8 Å². The highest BCUT2D eigenvalue weighted by Gasteiger charge is 2.12. The second-order valence-corrected chi connectivity index (χ2v) is 4.37. The number of ether oxygens (including phenoxy) is 1. The first-order valence-electron chi connectivity index (χ1n) is 6.54. The number of carboxylic acid groups (broad SMARTS) is 1. The van der Waals surface area contributed by atoms with E-state index in [0.29, 0.717) is 23.7 Å². The second-order valence-electron chi connectivity index (χ2n) is 4.37. The number of carbonyl (C=O) groups excluding carboxylic acids is 1. The lowest BCUT2D eigenvalue weighted by molar-refractivity contribution is -0.132. The van der Waals surface area contributed by atoms with Crippen LogP contribution in [-0.2, 0) is 9.59 Å². The van der Waals surface area contributed by atoms with Crippen molar-refractivity contribution >= 4 is 23.3 Å². The van der Waals surface area contributed by atoms with Crippen molar-refractivity contribution in [2.24, 2.45) is 0 Å². The number of nitrogens with zero attached hydrogens (tertiary/aromatic N) is 1.